The zero-order chi connectivity index (χ0) is 24.1. The number of aromatic nitrogens is 4. The van der Waals surface area contributed by atoms with Crippen LogP contribution in [0.5, 0.6) is 0 Å². The van der Waals surface area contributed by atoms with Gasteiger partial charge in [-0.05, 0) is 67.3 Å². The minimum atomic E-state index is -0.735. The molecule has 8 heteroatoms. The Bertz CT molecular complexity index is 1480. The van der Waals surface area contributed by atoms with Gasteiger partial charge in [-0.15, -0.1) is 0 Å². The second-order valence-electron chi connectivity index (χ2n) is 9.56. The fourth-order valence-electron chi connectivity index (χ4n) is 5.21. The van der Waals surface area contributed by atoms with E-state index >= 15 is 0 Å². The van der Waals surface area contributed by atoms with Crippen molar-refractivity contribution in [1.29, 1.82) is 0 Å². The number of imidazole rings is 1. The summed E-state index contributed by atoms with van der Waals surface area (Å²) >= 11 is 0. The largest absolute Gasteiger partial charge is 0.383 e. The van der Waals surface area contributed by atoms with Gasteiger partial charge in [-0.25, -0.2) is 14.1 Å². The Hall–Kier alpha value is -3.78. The van der Waals surface area contributed by atoms with Crippen LogP contribution in [0.15, 0.2) is 48.2 Å². The lowest BCUT2D eigenvalue weighted by molar-refractivity contribution is 0.103. The number of hydrogen-bond donors (Lipinski definition) is 2. The predicted octanol–water partition coefficient (Wildman–Crippen LogP) is 4.40. The third kappa shape index (κ3) is 4.04. The molecule has 0 radical (unpaired) electrons. The van der Waals surface area contributed by atoms with Crippen molar-refractivity contribution in [3.63, 3.8) is 0 Å². The summed E-state index contributed by atoms with van der Waals surface area (Å²) in [5.41, 5.74) is 13.3. The van der Waals surface area contributed by atoms with Crippen molar-refractivity contribution >= 4 is 28.7 Å². The van der Waals surface area contributed by atoms with Crippen LogP contribution in [0.25, 0.3) is 22.8 Å². The van der Waals surface area contributed by atoms with Crippen molar-refractivity contribution < 1.29 is 9.18 Å². The Kier molecular flexibility index (Phi) is 5.25. The number of ketones is 1. The number of H-pyrrole nitrogens is 1. The Morgan fingerprint density at radius 3 is 3.00 bits per heavy atom. The van der Waals surface area contributed by atoms with Gasteiger partial charge in [0.2, 0.25) is 0 Å². The average Bonchev–Trinajstić information content (AvgIpc) is 3.53. The molecule has 2 aromatic heterocycles. The average molecular weight is 471 g/mol. The van der Waals surface area contributed by atoms with Crippen molar-refractivity contribution in [2.24, 2.45) is 0 Å². The smallest absolute Gasteiger partial charge is 0.194 e. The number of aryl methyl sites for hydroxylation is 1. The van der Waals surface area contributed by atoms with Crippen molar-refractivity contribution in [2.45, 2.75) is 38.9 Å². The number of Topliss-reactive ketones (excluding diaryl/α,β-unsaturated/α-hetero) is 1. The number of fused-ring (bicyclic) bond motifs is 2. The predicted molar refractivity (Wildman–Crippen MR) is 134 cm³/mol. The van der Waals surface area contributed by atoms with E-state index in [9.17, 15) is 9.18 Å². The van der Waals surface area contributed by atoms with Gasteiger partial charge in [0.15, 0.2) is 5.78 Å². The number of nitrogens with two attached hydrogens (primary N) is 1. The molecule has 1 unspecified atom stereocenters. The molecule has 0 amide bonds. The van der Waals surface area contributed by atoms with Gasteiger partial charge in [0, 0.05) is 25.1 Å². The van der Waals surface area contributed by atoms with Crippen LogP contribution in [0.3, 0.4) is 0 Å². The molecular weight excluding hydrogens is 443 g/mol. The first-order valence-corrected chi connectivity index (χ1v) is 12.0. The summed E-state index contributed by atoms with van der Waals surface area (Å²) in [5.74, 6) is 1.04. The Morgan fingerprint density at radius 1 is 1.26 bits per heavy atom. The van der Waals surface area contributed by atoms with E-state index in [1.54, 1.807) is 10.9 Å². The summed E-state index contributed by atoms with van der Waals surface area (Å²) < 4.78 is 15.3. The number of nitrogens with zero attached hydrogens (tertiary/aromatic N) is 4. The molecule has 2 aromatic carbocycles. The molecule has 1 aliphatic heterocycles. The molecule has 3 N–H and O–H groups in total. The van der Waals surface area contributed by atoms with E-state index in [2.05, 4.69) is 38.2 Å². The van der Waals surface area contributed by atoms with E-state index < -0.39 is 6.17 Å². The number of rotatable bonds is 5. The number of carbonyl (C=O) groups excluding carboxylic acids is 1. The van der Waals surface area contributed by atoms with E-state index in [0.717, 1.165) is 58.7 Å². The van der Waals surface area contributed by atoms with Gasteiger partial charge >= 0.3 is 0 Å². The molecule has 2 aliphatic rings. The quantitative estimate of drug-likeness (QED) is 0.422. The lowest BCUT2D eigenvalue weighted by Crippen LogP contribution is -2.35. The molecule has 1 atom stereocenters. The van der Waals surface area contributed by atoms with Crippen molar-refractivity contribution in [3.8, 4) is 5.69 Å². The fraction of sp³-hybridized carbons (Fsp3) is 0.296. The summed E-state index contributed by atoms with van der Waals surface area (Å²) in [6.07, 6.45) is 4.86. The number of hydrogen-bond acceptors (Lipinski definition) is 5. The first kappa shape index (κ1) is 21.7. The van der Waals surface area contributed by atoms with Crippen LogP contribution in [0.1, 0.15) is 45.7 Å². The number of allylic oxidation sites excluding steroid dienone is 1. The van der Waals surface area contributed by atoms with Gasteiger partial charge in [-0.3, -0.25) is 9.69 Å². The maximum Gasteiger partial charge on any atom is 0.194 e. The van der Waals surface area contributed by atoms with Gasteiger partial charge in [0.05, 0.1) is 28.5 Å². The van der Waals surface area contributed by atoms with Crippen LogP contribution in [-0.2, 0) is 13.0 Å². The first-order valence-electron chi connectivity index (χ1n) is 12.0. The van der Waals surface area contributed by atoms with E-state index in [1.165, 1.54) is 0 Å². The number of carbonyl (C=O) groups is 1. The maximum atomic E-state index is 13.8. The summed E-state index contributed by atoms with van der Waals surface area (Å²) in [5, 5.41) is 4.40. The monoisotopic (exact) mass is 470 g/mol. The van der Waals surface area contributed by atoms with E-state index in [0.29, 0.717) is 36.3 Å². The molecule has 7 nitrogen and oxygen atoms in total. The standard InChI is InChI=1S/C27H27FN6O/c1-16-31-24-7-6-22(12-25(24)32-16)34-27(29)23(13-30-34)26(35)20-10-18-5-4-17(9-19(18)11-20)14-33-8-2-3-21(28)15-33/h4-7,9-10,12-13,21H,2-3,8,11,14-15,29H2,1H3,(H,31,32). The zero-order valence-electron chi connectivity index (χ0n) is 19.6. The van der Waals surface area contributed by atoms with E-state index in [-0.39, 0.29) is 5.78 Å². The van der Waals surface area contributed by atoms with Gasteiger partial charge in [0.1, 0.15) is 17.8 Å². The normalized spacial score (nSPS) is 18.1. The molecular formula is C27H27FN6O. The number of piperidine rings is 1. The SMILES string of the molecule is Cc1nc2ccc(-n3ncc(C(=O)C4=Cc5ccc(CN6CCCC(F)C6)cc5C4)c3N)cc2[nH]1. The number of alkyl halides is 1. The summed E-state index contributed by atoms with van der Waals surface area (Å²) in [4.78, 5) is 23.2. The Balaban J connectivity index is 1.20. The molecule has 178 valence electrons. The zero-order valence-corrected chi connectivity index (χ0v) is 19.6. The highest BCUT2D eigenvalue weighted by Gasteiger charge is 2.25. The third-order valence-corrected chi connectivity index (χ3v) is 6.94. The molecule has 0 bridgehead atoms. The summed E-state index contributed by atoms with van der Waals surface area (Å²) in [6.45, 7) is 4.06. The van der Waals surface area contributed by atoms with Crippen molar-refractivity contribution in [3.05, 3.63) is 76.2 Å². The fourth-order valence-corrected chi connectivity index (χ4v) is 5.21. The van der Waals surface area contributed by atoms with Crippen LogP contribution in [0.2, 0.25) is 0 Å². The molecule has 1 saturated heterocycles. The molecule has 0 saturated carbocycles. The molecule has 3 heterocycles. The second kappa shape index (κ2) is 8.46. The van der Waals surface area contributed by atoms with Crippen LogP contribution >= 0.6 is 0 Å². The third-order valence-electron chi connectivity index (χ3n) is 6.94. The number of nitrogen functional groups attached to an aromatic ring is 1. The highest BCUT2D eigenvalue weighted by Crippen LogP contribution is 2.31. The van der Waals surface area contributed by atoms with E-state index in [1.807, 2.05) is 31.2 Å². The first-order chi connectivity index (χ1) is 16.9. The van der Waals surface area contributed by atoms with Gasteiger partial charge in [0.25, 0.3) is 0 Å². The van der Waals surface area contributed by atoms with Gasteiger partial charge < -0.3 is 10.7 Å². The molecule has 4 aromatic rings. The van der Waals surface area contributed by atoms with Gasteiger partial charge in [-0.2, -0.15) is 5.10 Å². The molecule has 0 spiro atoms. The Morgan fingerprint density at radius 2 is 2.14 bits per heavy atom. The number of benzene rings is 2. The lowest BCUT2D eigenvalue weighted by Gasteiger charge is -2.29. The Labute approximate surface area is 202 Å². The molecule has 6 rings (SSSR count). The number of halogens is 1. The van der Waals surface area contributed by atoms with Crippen LogP contribution in [-0.4, -0.2) is 49.7 Å². The van der Waals surface area contributed by atoms with Crippen molar-refractivity contribution in [2.75, 3.05) is 18.8 Å². The minimum Gasteiger partial charge on any atom is -0.383 e. The number of likely N-dealkylation sites (tertiary alicyclic amines) is 1. The van der Waals surface area contributed by atoms with E-state index in [4.69, 9.17) is 5.73 Å². The minimum absolute atomic E-state index is 0.110. The topological polar surface area (TPSA) is 92.8 Å². The number of nitrogens with one attached hydrogen (secondary N) is 1. The van der Waals surface area contributed by atoms with Crippen LogP contribution in [0, 0.1) is 6.92 Å². The maximum absolute atomic E-state index is 13.8. The highest BCUT2D eigenvalue weighted by atomic mass is 19.1. The number of anilines is 1. The number of aromatic amines is 1. The van der Waals surface area contributed by atoms with Crippen molar-refractivity contribution in [1.82, 2.24) is 24.6 Å². The summed E-state index contributed by atoms with van der Waals surface area (Å²) in [7, 11) is 0. The molecule has 35 heavy (non-hydrogen) atoms. The van der Waals surface area contributed by atoms with Gasteiger partial charge in [-0.1, -0.05) is 18.2 Å². The lowest BCUT2D eigenvalue weighted by atomic mass is 10.0. The van der Waals surface area contributed by atoms with Crippen LogP contribution in [0.4, 0.5) is 10.2 Å². The molecule has 1 fully saturated rings. The second-order valence-corrected chi connectivity index (χ2v) is 9.56. The van der Waals surface area contributed by atoms with Crippen LogP contribution < -0.4 is 5.73 Å². The summed E-state index contributed by atoms with van der Waals surface area (Å²) in [6, 6.07) is 12.0. The molecule has 1 aliphatic carbocycles. The highest BCUT2D eigenvalue weighted by molar-refractivity contribution is 6.15.